The fraction of sp³-hybridized carbons (Fsp3) is 0.333. The Kier molecular flexibility index (Phi) is 6.85. The molecule has 0 unspecified atom stereocenters. The number of aromatic nitrogens is 2. The molecule has 2 aliphatic carbocycles. The molecule has 162 valence electrons. The second-order valence-corrected chi connectivity index (χ2v) is 10.2. The molecule has 0 radical (unpaired) electrons. The smallest absolute Gasteiger partial charge is 0.148 e. The zero-order chi connectivity index (χ0) is 20.7. The second-order valence-electron chi connectivity index (χ2n) is 8.44. The van der Waals surface area contributed by atoms with E-state index in [2.05, 4.69) is 46.4 Å². The Morgan fingerprint density at radius 3 is 2.48 bits per heavy atom. The second kappa shape index (κ2) is 9.29. The van der Waals surface area contributed by atoms with Crippen LogP contribution in [0.4, 0.5) is 0 Å². The standard InChI is InChI=1S/C24H23Cl2N3S.ClH/c25-21-19(9-12-28-23(21)26)30-20-6-5-17(14-29-20)15-7-10-24(11-8-15)13-16-3-1-2-4-18(16)22(24)27;/h1-6,9,12,14-15,22H,7-8,10-11,13,27H2;1H/t15?,22-,24?;/m0./s1. The van der Waals surface area contributed by atoms with Gasteiger partial charge in [-0.25, -0.2) is 9.97 Å². The zero-order valence-electron chi connectivity index (χ0n) is 16.9. The summed E-state index contributed by atoms with van der Waals surface area (Å²) in [6, 6.07) is 15.0. The molecule has 2 aromatic heterocycles. The minimum absolute atomic E-state index is 0. The van der Waals surface area contributed by atoms with Gasteiger partial charge in [0.15, 0.2) is 0 Å². The van der Waals surface area contributed by atoms with Crippen LogP contribution in [-0.2, 0) is 6.42 Å². The maximum atomic E-state index is 6.72. The van der Waals surface area contributed by atoms with Crippen molar-refractivity contribution in [2.24, 2.45) is 11.1 Å². The van der Waals surface area contributed by atoms with Crippen molar-refractivity contribution in [3.05, 3.63) is 81.7 Å². The first-order chi connectivity index (χ1) is 14.6. The molecule has 7 heteroatoms. The highest BCUT2D eigenvalue weighted by Crippen LogP contribution is 2.55. The van der Waals surface area contributed by atoms with Crippen molar-refractivity contribution in [3.8, 4) is 0 Å². The van der Waals surface area contributed by atoms with Crippen molar-refractivity contribution in [2.75, 3.05) is 0 Å². The van der Waals surface area contributed by atoms with E-state index in [0.717, 1.165) is 16.3 Å². The average Bonchev–Trinajstić information content (AvgIpc) is 3.04. The molecule has 1 fully saturated rings. The Bertz CT molecular complexity index is 1070. The van der Waals surface area contributed by atoms with E-state index in [1.54, 1.807) is 6.20 Å². The van der Waals surface area contributed by atoms with Crippen molar-refractivity contribution in [1.29, 1.82) is 0 Å². The molecule has 5 rings (SSSR count). The number of benzene rings is 1. The van der Waals surface area contributed by atoms with Crippen LogP contribution in [0.5, 0.6) is 0 Å². The maximum absolute atomic E-state index is 6.72. The lowest BCUT2D eigenvalue weighted by Crippen LogP contribution is -2.35. The minimum atomic E-state index is 0. The summed E-state index contributed by atoms with van der Waals surface area (Å²) in [5, 5.41) is 1.70. The molecule has 3 aromatic rings. The molecule has 0 saturated heterocycles. The Morgan fingerprint density at radius 1 is 1.00 bits per heavy atom. The molecule has 2 aliphatic rings. The predicted octanol–water partition coefficient (Wildman–Crippen LogP) is 7.26. The van der Waals surface area contributed by atoms with E-state index in [-0.39, 0.29) is 23.9 Å². The van der Waals surface area contributed by atoms with Gasteiger partial charge in [0.25, 0.3) is 0 Å². The van der Waals surface area contributed by atoms with Gasteiger partial charge in [0.1, 0.15) is 10.2 Å². The molecule has 31 heavy (non-hydrogen) atoms. The summed E-state index contributed by atoms with van der Waals surface area (Å²) < 4.78 is 0. The number of nitrogens with zero attached hydrogens (tertiary/aromatic N) is 2. The Morgan fingerprint density at radius 2 is 1.77 bits per heavy atom. The van der Waals surface area contributed by atoms with E-state index in [0.29, 0.717) is 16.1 Å². The van der Waals surface area contributed by atoms with Crippen LogP contribution >= 0.6 is 47.4 Å². The van der Waals surface area contributed by atoms with Crippen molar-refractivity contribution < 1.29 is 0 Å². The highest BCUT2D eigenvalue weighted by Gasteiger charge is 2.46. The molecular weight excluding hydrogens is 469 g/mol. The molecule has 1 aromatic carbocycles. The lowest BCUT2D eigenvalue weighted by Gasteiger charge is -2.40. The van der Waals surface area contributed by atoms with Crippen molar-refractivity contribution in [1.82, 2.24) is 9.97 Å². The Balaban J connectivity index is 0.00000231. The van der Waals surface area contributed by atoms with Gasteiger partial charge >= 0.3 is 0 Å². The maximum Gasteiger partial charge on any atom is 0.148 e. The number of hydrogen-bond donors (Lipinski definition) is 1. The van der Waals surface area contributed by atoms with Crippen LogP contribution in [0.2, 0.25) is 10.2 Å². The minimum Gasteiger partial charge on any atom is -0.323 e. The molecule has 0 aliphatic heterocycles. The van der Waals surface area contributed by atoms with Gasteiger partial charge in [-0.3, -0.25) is 0 Å². The van der Waals surface area contributed by atoms with Crippen LogP contribution < -0.4 is 5.73 Å². The van der Waals surface area contributed by atoms with Crippen LogP contribution in [-0.4, -0.2) is 9.97 Å². The zero-order valence-corrected chi connectivity index (χ0v) is 20.1. The summed E-state index contributed by atoms with van der Waals surface area (Å²) >= 11 is 13.8. The number of rotatable bonds is 3. The molecule has 0 amide bonds. The van der Waals surface area contributed by atoms with E-state index < -0.39 is 0 Å². The van der Waals surface area contributed by atoms with Gasteiger partial charge in [0.05, 0.1) is 5.02 Å². The van der Waals surface area contributed by atoms with E-state index >= 15 is 0 Å². The highest BCUT2D eigenvalue weighted by molar-refractivity contribution is 7.99. The van der Waals surface area contributed by atoms with Gasteiger partial charge in [-0.2, -0.15) is 0 Å². The third-order valence-electron chi connectivity index (χ3n) is 6.83. The highest BCUT2D eigenvalue weighted by atomic mass is 35.5. The summed E-state index contributed by atoms with van der Waals surface area (Å²) in [6.45, 7) is 0. The Labute approximate surface area is 203 Å². The summed E-state index contributed by atoms with van der Waals surface area (Å²) in [7, 11) is 0. The van der Waals surface area contributed by atoms with Gasteiger partial charge < -0.3 is 5.73 Å². The number of halogens is 3. The van der Waals surface area contributed by atoms with Gasteiger partial charge in [0.2, 0.25) is 0 Å². The first-order valence-electron chi connectivity index (χ1n) is 10.3. The molecule has 3 nitrogen and oxygen atoms in total. The molecule has 2 N–H and O–H groups in total. The number of hydrogen-bond acceptors (Lipinski definition) is 4. The van der Waals surface area contributed by atoms with Crippen LogP contribution in [0.15, 0.2) is 64.8 Å². The fourth-order valence-corrected chi connectivity index (χ4v) is 6.34. The monoisotopic (exact) mass is 491 g/mol. The van der Waals surface area contributed by atoms with Gasteiger partial charge in [-0.1, -0.05) is 65.3 Å². The predicted molar refractivity (Wildman–Crippen MR) is 131 cm³/mol. The first kappa shape index (κ1) is 22.9. The average molecular weight is 493 g/mol. The van der Waals surface area contributed by atoms with E-state index in [4.69, 9.17) is 28.9 Å². The number of fused-ring (bicyclic) bond motifs is 1. The quantitative estimate of drug-likeness (QED) is 0.391. The summed E-state index contributed by atoms with van der Waals surface area (Å²) in [4.78, 5) is 9.54. The van der Waals surface area contributed by atoms with Crippen LogP contribution in [0.3, 0.4) is 0 Å². The van der Waals surface area contributed by atoms with Crippen LogP contribution in [0, 0.1) is 5.41 Å². The molecular formula is C24H24Cl3N3S. The van der Waals surface area contributed by atoms with Crippen LogP contribution in [0.1, 0.15) is 54.3 Å². The number of pyridine rings is 2. The van der Waals surface area contributed by atoms with Crippen molar-refractivity contribution in [3.63, 3.8) is 0 Å². The molecule has 1 atom stereocenters. The topological polar surface area (TPSA) is 51.8 Å². The van der Waals surface area contributed by atoms with Crippen molar-refractivity contribution >= 4 is 47.4 Å². The van der Waals surface area contributed by atoms with Gasteiger partial charge in [0, 0.05) is 23.3 Å². The Hall–Kier alpha value is -1.30. The van der Waals surface area contributed by atoms with Crippen molar-refractivity contribution in [2.45, 2.75) is 54.0 Å². The van der Waals surface area contributed by atoms with E-state index in [9.17, 15) is 0 Å². The fourth-order valence-electron chi connectivity index (χ4n) is 5.12. The third-order valence-corrected chi connectivity index (χ3v) is 8.72. The van der Waals surface area contributed by atoms with E-state index in [1.165, 1.54) is 54.1 Å². The first-order valence-corrected chi connectivity index (χ1v) is 11.9. The molecule has 0 bridgehead atoms. The van der Waals surface area contributed by atoms with Gasteiger partial charge in [-0.05, 0) is 72.3 Å². The SMILES string of the molecule is Cl.N[C@H]1c2ccccc2CC12CCC(c1ccc(Sc3ccnc(Cl)c3Cl)nc1)CC2. The molecule has 1 spiro atoms. The largest absolute Gasteiger partial charge is 0.323 e. The third kappa shape index (κ3) is 4.34. The lowest BCUT2D eigenvalue weighted by atomic mass is 9.66. The van der Waals surface area contributed by atoms with Crippen LogP contribution in [0.25, 0.3) is 0 Å². The summed E-state index contributed by atoms with van der Waals surface area (Å²) in [5.41, 5.74) is 11.1. The molecule has 1 saturated carbocycles. The number of nitrogens with two attached hydrogens (primary N) is 1. The van der Waals surface area contributed by atoms with Gasteiger partial charge in [-0.15, -0.1) is 12.4 Å². The van der Waals surface area contributed by atoms with E-state index in [1.807, 2.05) is 12.3 Å². The lowest BCUT2D eigenvalue weighted by molar-refractivity contribution is 0.149. The summed E-state index contributed by atoms with van der Waals surface area (Å²) in [6.07, 6.45) is 9.49. The normalized spacial score (nSPS) is 24.6. The molecule has 2 heterocycles. The summed E-state index contributed by atoms with van der Waals surface area (Å²) in [5.74, 6) is 0.553.